The normalized spacial score (nSPS) is 13.7. The summed E-state index contributed by atoms with van der Waals surface area (Å²) in [7, 11) is 0. The Balaban J connectivity index is 1.39. The molecule has 45 heavy (non-hydrogen) atoms. The predicted molar refractivity (Wildman–Crippen MR) is 185 cm³/mol. The molecule has 8 nitrogen and oxygen atoms in total. The molecule has 0 atom stereocenters. The van der Waals surface area contributed by atoms with E-state index in [2.05, 4.69) is 33.9 Å². The van der Waals surface area contributed by atoms with Gasteiger partial charge in [0.2, 0.25) is 5.95 Å². The molecule has 4 aromatic rings. The Morgan fingerprint density at radius 3 is 2.31 bits per heavy atom. The summed E-state index contributed by atoms with van der Waals surface area (Å²) in [6, 6.07) is 17.7. The molecule has 5 rings (SSSR count). The van der Waals surface area contributed by atoms with Gasteiger partial charge >= 0.3 is 6.09 Å². The summed E-state index contributed by atoms with van der Waals surface area (Å²) in [6.07, 6.45) is 1.06. The van der Waals surface area contributed by atoms with Gasteiger partial charge in [-0.2, -0.15) is 4.98 Å². The number of hydrogen-bond donors (Lipinski definition) is 1. The molecular formula is C35H40Cl2N6O2. The predicted octanol–water partition coefficient (Wildman–Crippen LogP) is 8.50. The van der Waals surface area contributed by atoms with Crippen LogP contribution in [0.15, 0.2) is 60.8 Å². The summed E-state index contributed by atoms with van der Waals surface area (Å²) in [6.45, 7) is 16.4. The first-order chi connectivity index (χ1) is 21.5. The summed E-state index contributed by atoms with van der Waals surface area (Å²) in [5.74, 6) is 1.24. The lowest BCUT2D eigenvalue weighted by molar-refractivity contribution is 0.206. The first kappa shape index (κ1) is 32.5. The molecule has 1 aromatic heterocycles. The lowest BCUT2D eigenvalue weighted by atomic mass is 10.1. The maximum Gasteiger partial charge on any atom is 0.421 e. The fourth-order valence-electron chi connectivity index (χ4n) is 5.70. The minimum Gasteiger partial charge on any atom is -0.409 e. The molecule has 2 heterocycles. The largest absolute Gasteiger partial charge is 0.421 e. The number of halogens is 2. The van der Waals surface area contributed by atoms with Crippen molar-refractivity contribution in [2.24, 2.45) is 0 Å². The zero-order valence-corrected chi connectivity index (χ0v) is 28.2. The Hall–Kier alpha value is -3.85. The second kappa shape index (κ2) is 14.1. The van der Waals surface area contributed by atoms with Gasteiger partial charge in [0.05, 0.1) is 17.3 Å². The summed E-state index contributed by atoms with van der Waals surface area (Å²) >= 11 is 13.1. The van der Waals surface area contributed by atoms with Crippen LogP contribution < -0.4 is 19.9 Å². The van der Waals surface area contributed by atoms with Crippen molar-refractivity contribution in [2.75, 3.05) is 41.3 Å². The number of benzene rings is 3. The summed E-state index contributed by atoms with van der Waals surface area (Å²) < 4.78 is 6.00. The first-order valence-corrected chi connectivity index (χ1v) is 15.9. The number of aryl methyl sites for hydroxylation is 4. The Morgan fingerprint density at radius 1 is 0.933 bits per heavy atom. The second-order valence-corrected chi connectivity index (χ2v) is 12.7. The molecule has 0 bridgehead atoms. The van der Waals surface area contributed by atoms with Gasteiger partial charge in [0.1, 0.15) is 11.6 Å². The number of nitrogens with zero attached hydrogens (tertiary/aromatic N) is 5. The third-order valence-corrected chi connectivity index (χ3v) is 8.70. The minimum absolute atomic E-state index is 0.205. The van der Waals surface area contributed by atoms with Gasteiger partial charge in [0.25, 0.3) is 0 Å². The average Bonchev–Trinajstić information content (AvgIpc) is 2.99. The zero-order valence-electron chi connectivity index (χ0n) is 26.7. The van der Waals surface area contributed by atoms with Gasteiger partial charge in [0, 0.05) is 49.1 Å². The molecule has 1 N–H and O–H groups in total. The molecule has 1 aliphatic heterocycles. The Kier molecular flexibility index (Phi) is 10.2. The molecule has 0 saturated carbocycles. The van der Waals surface area contributed by atoms with E-state index in [-0.39, 0.29) is 6.54 Å². The van der Waals surface area contributed by atoms with Crippen LogP contribution in [0.2, 0.25) is 10.0 Å². The van der Waals surface area contributed by atoms with Crippen LogP contribution in [0, 0.1) is 27.7 Å². The van der Waals surface area contributed by atoms with E-state index in [9.17, 15) is 4.79 Å². The number of aromatic nitrogens is 2. The number of nitrogens with one attached hydrogen (secondary N) is 1. The molecule has 1 fully saturated rings. The van der Waals surface area contributed by atoms with Crippen molar-refractivity contribution in [1.29, 1.82) is 0 Å². The van der Waals surface area contributed by atoms with Crippen LogP contribution in [0.4, 0.5) is 27.9 Å². The van der Waals surface area contributed by atoms with Crippen LogP contribution in [0.1, 0.15) is 41.7 Å². The highest BCUT2D eigenvalue weighted by Crippen LogP contribution is 2.32. The molecule has 0 radical (unpaired) electrons. The maximum atomic E-state index is 13.8. The molecule has 1 saturated heterocycles. The number of carbonyl (C=O) groups is 1. The second-order valence-electron chi connectivity index (χ2n) is 11.9. The molecule has 1 aliphatic rings. The highest BCUT2D eigenvalue weighted by molar-refractivity contribution is 6.33. The number of carbonyl (C=O) groups excluding carboxylic acids is 1. The molecule has 0 unspecified atom stereocenters. The van der Waals surface area contributed by atoms with Gasteiger partial charge in [-0.05, 0) is 100 Å². The number of rotatable bonds is 8. The molecule has 1 amide bonds. The number of ether oxygens (including phenoxy) is 1. The molecule has 0 spiro atoms. The van der Waals surface area contributed by atoms with Crippen molar-refractivity contribution < 1.29 is 9.53 Å². The van der Waals surface area contributed by atoms with Gasteiger partial charge in [-0.1, -0.05) is 47.0 Å². The monoisotopic (exact) mass is 646 g/mol. The van der Waals surface area contributed by atoms with E-state index in [1.165, 1.54) is 4.90 Å². The van der Waals surface area contributed by atoms with Crippen molar-refractivity contribution in [2.45, 2.75) is 54.1 Å². The lowest BCUT2D eigenvalue weighted by Gasteiger charge is -2.38. The van der Waals surface area contributed by atoms with Crippen LogP contribution >= 0.6 is 23.2 Å². The van der Waals surface area contributed by atoms with Gasteiger partial charge < -0.3 is 15.0 Å². The van der Waals surface area contributed by atoms with E-state index < -0.39 is 6.09 Å². The quantitative estimate of drug-likeness (QED) is 0.206. The van der Waals surface area contributed by atoms with E-state index >= 15 is 0 Å². The van der Waals surface area contributed by atoms with Crippen molar-refractivity contribution in [3.8, 4) is 5.75 Å². The van der Waals surface area contributed by atoms with Crippen LogP contribution in [-0.4, -0.2) is 53.2 Å². The van der Waals surface area contributed by atoms with Gasteiger partial charge in [-0.15, -0.1) is 0 Å². The number of anilines is 4. The topological polar surface area (TPSA) is 73.8 Å². The van der Waals surface area contributed by atoms with Gasteiger partial charge in [-0.25, -0.2) is 9.78 Å². The lowest BCUT2D eigenvalue weighted by Crippen LogP contribution is -2.49. The van der Waals surface area contributed by atoms with Crippen LogP contribution in [-0.2, 0) is 6.54 Å². The number of amides is 1. The Morgan fingerprint density at radius 2 is 1.64 bits per heavy atom. The molecule has 236 valence electrons. The van der Waals surface area contributed by atoms with Crippen molar-refractivity contribution in [1.82, 2.24) is 14.9 Å². The highest BCUT2D eigenvalue weighted by Gasteiger charge is 2.24. The van der Waals surface area contributed by atoms with Crippen LogP contribution in [0.25, 0.3) is 0 Å². The van der Waals surface area contributed by atoms with E-state index in [1.807, 2.05) is 76.2 Å². The van der Waals surface area contributed by atoms with E-state index in [0.717, 1.165) is 65.4 Å². The Bertz CT molecular complexity index is 1660. The van der Waals surface area contributed by atoms with Crippen LogP contribution in [0.5, 0.6) is 5.75 Å². The van der Waals surface area contributed by atoms with Crippen molar-refractivity contribution in [3.63, 3.8) is 0 Å². The fraction of sp³-hybridized carbons (Fsp3) is 0.343. The average molecular weight is 648 g/mol. The van der Waals surface area contributed by atoms with E-state index in [0.29, 0.717) is 33.6 Å². The molecule has 10 heteroatoms. The summed E-state index contributed by atoms with van der Waals surface area (Å²) in [4.78, 5) is 29.3. The zero-order chi connectivity index (χ0) is 32.2. The minimum atomic E-state index is -0.556. The maximum absolute atomic E-state index is 13.8. The smallest absolute Gasteiger partial charge is 0.409 e. The van der Waals surface area contributed by atoms with E-state index in [1.54, 1.807) is 12.3 Å². The standard InChI is InChI=1S/C35H40Cl2N6O2/c1-22(2)41-13-15-42(16-14-41)31-10-9-29(20-30(31)37)39-34-38-12-11-32(40-34)43(21-27-19-28(36)8-7-24(27)4)35(44)45-33-25(5)17-23(3)18-26(33)6/h7-12,17-20,22H,13-16,21H2,1-6H3,(H,38,39,40). The van der Waals surface area contributed by atoms with Gasteiger partial charge in [0.15, 0.2) is 0 Å². The number of hydrogen-bond acceptors (Lipinski definition) is 7. The summed E-state index contributed by atoms with van der Waals surface area (Å²) in [5, 5.41) is 4.49. The molecule has 3 aromatic carbocycles. The Labute approximate surface area is 275 Å². The van der Waals surface area contributed by atoms with E-state index in [4.69, 9.17) is 32.9 Å². The third kappa shape index (κ3) is 7.87. The fourth-order valence-corrected chi connectivity index (χ4v) is 6.19. The van der Waals surface area contributed by atoms with Crippen molar-refractivity contribution in [3.05, 3.63) is 98.7 Å². The van der Waals surface area contributed by atoms with Crippen molar-refractivity contribution >= 4 is 52.4 Å². The SMILES string of the molecule is Cc1cc(C)c(OC(=O)N(Cc2cc(Cl)ccc2C)c2ccnc(Nc3ccc(N4CCN(C(C)C)CC4)c(Cl)c3)n2)c(C)c1. The highest BCUT2D eigenvalue weighted by atomic mass is 35.5. The first-order valence-electron chi connectivity index (χ1n) is 15.2. The van der Waals surface area contributed by atoms with Crippen LogP contribution in [0.3, 0.4) is 0 Å². The number of piperazine rings is 1. The molecular weight excluding hydrogens is 607 g/mol. The van der Waals surface area contributed by atoms with Gasteiger partial charge in [-0.3, -0.25) is 9.80 Å². The molecule has 0 aliphatic carbocycles. The summed E-state index contributed by atoms with van der Waals surface area (Å²) in [5.41, 5.74) is 6.48. The third-order valence-electron chi connectivity index (χ3n) is 8.16.